The van der Waals surface area contributed by atoms with Gasteiger partial charge in [-0.2, -0.15) is 0 Å². The highest BCUT2D eigenvalue weighted by Gasteiger charge is 2.28. The number of nitrogens with one attached hydrogen (secondary N) is 1. The largest absolute Gasteiger partial charge is 0.388 e. The zero-order valence-electron chi connectivity index (χ0n) is 11.3. The van der Waals surface area contributed by atoms with Crippen LogP contribution in [-0.2, 0) is 0 Å². The second-order valence-corrected chi connectivity index (χ2v) is 5.45. The van der Waals surface area contributed by atoms with Crippen molar-refractivity contribution in [3.63, 3.8) is 0 Å². The van der Waals surface area contributed by atoms with Crippen molar-refractivity contribution in [1.82, 2.24) is 5.32 Å². The summed E-state index contributed by atoms with van der Waals surface area (Å²) in [6, 6.07) is 2.82. The summed E-state index contributed by atoms with van der Waals surface area (Å²) < 4.78 is 26.2. The molecule has 2 N–H and O–H groups in total. The molecular formula is C15H19F2NO2. The molecule has 20 heavy (non-hydrogen) atoms. The zero-order chi connectivity index (χ0) is 14.6. The highest BCUT2D eigenvalue weighted by Crippen LogP contribution is 2.26. The van der Waals surface area contributed by atoms with Crippen LogP contribution in [0.4, 0.5) is 8.78 Å². The fourth-order valence-corrected chi connectivity index (χ4v) is 2.58. The molecule has 0 atom stereocenters. The van der Waals surface area contributed by atoms with E-state index in [1.165, 1.54) is 0 Å². The van der Waals surface area contributed by atoms with Crippen molar-refractivity contribution in [3.05, 3.63) is 35.4 Å². The van der Waals surface area contributed by atoms with Gasteiger partial charge in [0, 0.05) is 12.6 Å². The van der Waals surface area contributed by atoms with Crippen molar-refractivity contribution in [2.75, 3.05) is 6.54 Å². The molecule has 1 aliphatic rings. The molecular weight excluding hydrogens is 264 g/mol. The average molecular weight is 283 g/mol. The Labute approximate surface area is 117 Å². The van der Waals surface area contributed by atoms with Crippen molar-refractivity contribution in [1.29, 1.82) is 0 Å². The molecule has 1 fully saturated rings. The fourth-order valence-electron chi connectivity index (χ4n) is 2.58. The molecule has 0 heterocycles. The smallest absolute Gasteiger partial charge is 0.254 e. The number of amides is 1. The molecule has 0 spiro atoms. The topological polar surface area (TPSA) is 49.3 Å². The van der Waals surface area contributed by atoms with Crippen LogP contribution in [0.2, 0.25) is 0 Å². The second kappa shape index (κ2) is 6.31. The lowest BCUT2D eigenvalue weighted by Crippen LogP contribution is -2.42. The Hall–Kier alpha value is -1.49. The van der Waals surface area contributed by atoms with Crippen molar-refractivity contribution < 1.29 is 18.7 Å². The summed E-state index contributed by atoms with van der Waals surface area (Å²) in [6.45, 7) is 0.0999. The zero-order valence-corrected chi connectivity index (χ0v) is 11.3. The van der Waals surface area contributed by atoms with E-state index in [0.717, 1.165) is 37.8 Å². The van der Waals surface area contributed by atoms with Gasteiger partial charge in [0.25, 0.3) is 5.91 Å². The van der Waals surface area contributed by atoms with Crippen LogP contribution in [0.25, 0.3) is 0 Å². The predicted molar refractivity (Wildman–Crippen MR) is 71.3 cm³/mol. The number of aliphatic hydroxyl groups is 1. The number of carbonyl (C=O) groups excluding carboxylic acids is 1. The molecule has 1 aromatic carbocycles. The van der Waals surface area contributed by atoms with E-state index in [4.69, 9.17) is 0 Å². The van der Waals surface area contributed by atoms with Gasteiger partial charge in [-0.3, -0.25) is 4.79 Å². The van der Waals surface area contributed by atoms with Crippen LogP contribution in [0.3, 0.4) is 0 Å². The summed E-state index contributed by atoms with van der Waals surface area (Å²) in [4.78, 5) is 11.9. The first-order valence-corrected chi connectivity index (χ1v) is 6.96. The van der Waals surface area contributed by atoms with Crippen LogP contribution in [-0.4, -0.2) is 23.2 Å². The van der Waals surface area contributed by atoms with Crippen LogP contribution in [0.5, 0.6) is 0 Å². The van der Waals surface area contributed by atoms with Crippen molar-refractivity contribution in [2.45, 2.75) is 44.1 Å². The summed E-state index contributed by atoms with van der Waals surface area (Å²) in [6.07, 6.45) is 5.30. The van der Waals surface area contributed by atoms with Crippen LogP contribution < -0.4 is 5.32 Å². The van der Waals surface area contributed by atoms with E-state index in [1.54, 1.807) is 0 Å². The molecule has 1 saturated carbocycles. The molecule has 1 aromatic rings. The van der Waals surface area contributed by atoms with Gasteiger partial charge in [0.15, 0.2) is 0 Å². The summed E-state index contributed by atoms with van der Waals surface area (Å²) in [5.74, 6) is -2.24. The van der Waals surface area contributed by atoms with E-state index in [2.05, 4.69) is 5.32 Å². The number of hydrogen-bond acceptors (Lipinski definition) is 2. The minimum atomic E-state index is -0.914. The maximum Gasteiger partial charge on any atom is 0.254 e. The molecule has 1 aliphatic carbocycles. The summed E-state index contributed by atoms with van der Waals surface area (Å²) in [5, 5.41) is 12.9. The third kappa shape index (κ3) is 3.76. The van der Waals surface area contributed by atoms with Crippen molar-refractivity contribution in [2.24, 2.45) is 0 Å². The minimum Gasteiger partial charge on any atom is -0.388 e. The maximum absolute atomic E-state index is 13.5. The molecule has 110 valence electrons. The molecule has 0 unspecified atom stereocenters. The lowest BCUT2D eigenvalue weighted by Gasteiger charge is -2.26. The first-order valence-electron chi connectivity index (χ1n) is 6.96. The minimum absolute atomic E-state index is 0.0999. The highest BCUT2D eigenvalue weighted by molar-refractivity contribution is 5.94. The number of benzene rings is 1. The Morgan fingerprint density at radius 3 is 2.45 bits per heavy atom. The van der Waals surface area contributed by atoms with Crippen LogP contribution in [0.1, 0.15) is 48.9 Å². The summed E-state index contributed by atoms with van der Waals surface area (Å²) in [5.41, 5.74) is -1.12. The molecule has 0 aromatic heterocycles. The van der Waals surface area contributed by atoms with Gasteiger partial charge < -0.3 is 10.4 Å². The molecule has 3 nitrogen and oxygen atoms in total. The van der Waals surface area contributed by atoms with Gasteiger partial charge in [0.1, 0.15) is 11.6 Å². The standard InChI is InChI=1S/C15H19F2NO2/c16-11-5-6-12(13(17)9-11)14(19)18-10-15(20)7-3-1-2-4-8-15/h5-6,9,20H,1-4,7-8,10H2,(H,18,19). The van der Waals surface area contributed by atoms with Gasteiger partial charge in [-0.25, -0.2) is 8.78 Å². The first-order chi connectivity index (χ1) is 9.50. The molecule has 0 saturated heterocycles. The van der Waals surface area contributed by atoms with Gasteiger partial charge >= 0.3 is 0 Å². The molecule has 0 radical (unpaired) electrons. The number of rotatable bonds is 3. The third-order valence-corrected chi connectivity index (χ3v) is 3.79. The molecule has 2 rings (SSSR count). The molecule has 5 heteroatoms. The monoisotopic (exact) mass is 283 g/mol. The predicted octanol–water partition coefficient (Wildman–Crippen LogP) is 2.78. The Kier molecular flexibility index (Phi) is 4.70. The lowest BCUT2D eigenvalue weighted by molar-refractivity contribution is 0.0246. The van der Waals surface area contributed by atoms with E-state index in [1.807, 2.05) is 0 Å². The Balaban J connectivity index is 1.97. The quantitative estimate of drug-likeness (QED) is 0.838. The van der Waals surface area contributed by atoms with E-state index >= 15 is 0 Å². The summed E-state index contributed by atoms with van der Waals surface area (Å²) in [7, 11) is 0. The highest BCUT2D eigenvalue weighted by atomic mass is 19.1. The number of carbonyl (C=O) groups is 1. The van der Waals surface area contributed by atoms with E-state index in [0.29, 0.717) is 18.9 Å². The van der Waals surface area contributed by atoms with Gasteiger partial charge in [-0.05, 0) is 25.0 Å². The first kappa shape index (κ1) is 14.9. The van der Waals surface area contributed by atoms with Crippen LogP contribution in [0, 0.1) is 11.6 Å². The Morgan fingerprint density at radius 2 is 1.85 bits per heavy atom. The Bertz CT molecular complexity index is 483. The summed E-state index contributed by atoms with van der Waals surface area (Å²) >= 11 is 0. The molecule has 1 amide bonds. The van der Waals surface area contributed by atoms with Gasteiger partial charge in [0.2, 0.25) is 0 Å². The van der Waals surface area contributed by atoms with Gasteiger partial charge in [-0.15, -0.1) is 0 Å². The maximum atomic E-state index is 13.5. The number of halogens is 2. The van der Waals surface area contributed by atoms with Crippen LogP contribution in [0.15, 0.2) is 18.2 Å². The van der Waals surface area contributed by atoms with Crippen molar-refractivity contribution in [3.8, 4) is 0 Å². The van der Waals surface area contributed by atoms with E-state index in [9.17, 15) is 18.7 Å². The van der Waals surface area contributed by atoms with Crippen LogP contribution >= 0.6 is 0 Å². The van der Waals surface area contributed by atoms with Gasteiger partial charge in [-0.1, -0.05) is 25.7 Å². The number of hydrogen-bond donors (Lipinski definition) is 2. The SMILES string of the molecule is O=C(NCC1(O)CCCCCC1)c1ccc(F)cc1F. The average Bonchev–Trinajstić information content (AvgIpc) is 2.61. The van der Waals surface area contributed by atoms with Gasteiger partial charge in [0.05, 0.1) is 11.2 Å². The second-order valence-electron chi connectivity index (χ2n) is 5.45. The molecule has 0 bridgehead atoms. The lowest BCUT2D eigenvalue weighted by atomic mass is 9.94. The third-order valence-electron chi connectivity index (χ3n) is 3.79. The fraction of sp³-hybridized carbons (Fsp3) is 0.533. The van der Waals surface area contributed by atoms with E-state index < -0.39 is 23.1 Å². The Morgan fingerprint density at radius 1 is 1.20 bits per heavy atom. The van der Waals surface area contributed by atoms with Crippen molar-refractivity contribution >= 4 is 5.91 Å². The normalized spacial score (nSPS) is 18.4. The molecule has 0 aliphatic heterocycles. The van der Waals surface area contributed by atoms with E-state index in [-0.39, 0.29) is 12.1 Å².